The first-order valence-electron chi connectivity index (χ1n) is 10.2. The Morgan fingerprint density at radius 1 is 0.769 bits per heavy atom. The third-order valence-corrected chi connectivity index (χ3v) is 5.99. The molecule has 2 aromatic rings. The molecule has 3 heteroatoms. The van der Waals surface area contributed by atoms with Crippen LogP contribution in [0.4, 0.5) is 5.69 Å². The second kappa shape index (κ2) is 8.70. The number of piperidine rings is 1. The van der Waals surface area contributed by atoms with Crippen LogP contribution >= 0.6 is 0 Å². The minimum Gasteiger partial charge on any atom is -0.369 e. The fraction of sp³-hybridized carbons (Fsp3) is 0.478. The van der Waals surface area contributed by atoms with Crippen molar-refractivity contribution in [2.45, 2.75) is 25.3 Å². The molecule has 2 fully saturated rings. The summed E-state index contributed by atoms with van der Waals surface area (Å²) in [5.74, 6) is 0. The highest BCUT2D eigenvalue weighted by Crippen LogP contribution is 2.21. The number of nitrogens with zero attached hydrogens (tertiary/aromatic N) is 3. The molecular weight excluding hydrogens is 318 g/mol. The van der Waals surface area contributed by atoms with Crippen LogP contribution in [-0.4, -0.2) is 61.7 Å². The van der Waals surface area contributed by atoms with E-state index < -0.39 is 0 Å². The van der Waals surface area contributed by atoms with Gasteiger partial charge in [0, 0.05) is 51.0 Å². The van der Waals surface area contributed by atoms with E-state index in [0.29, 0.717) is 0 Å². The summed E-state index contributed by atoms with van der Waals surface area (Å²) in [5.41, 5.74) is 2.84. The maximum Gasteiger partial charge on any atom is 0.0367 e. The Bertz CT molecular complexity index is 650. The molecule has 2 heterocycles. The Balaban J connectivity index is 1.26. The van der Waals surface area contributed by atoms with E-state index in [2.05, 4.69) is 75.4 Å². The minimum absolute atomic E-state index is 0.748. The highest BCUT2D eigenvalue weighted by Gasteiger charge is 2.27. The van der Waals surface area contributed by atoms with Gasteiger partial charge < -0.3 is 9.80 Å². The van der Waals surface area contributed by atoms with Gasteiger partial charge in [-0.1, -0.05) is 48.5 Å². The first-order valence-corrected chi connectivity index (χ1v) is 10.2. The average molecular weight is 350 g/mol. The fourth-order valence-corrected chi connectivity index (χ4v) is 4.45. The molecule has 2 aliphatic rings. The minimum atomic E-state index is 0.748. The van der Waals surface area contributed by atoms with Crippen molar-refractivity contribution >= 4 is 5.69 Å². The van der Waals surface area contributed by atoms with Gasteiger partial charge in [0.15, 0.2) is 0 Å². The van der Waals surface area contributed by atoms with Crippen LogP contribution in [0.25, 0.3) is 0 Å². The summed E-state index contributed by atoms with van der Waals surface area (Å²) in [6, 6.07) is 22.5. The summed E-state index contributed by atoms with van der Waals surface area (Å²) >= 11 is 0. The van der Waals surface area contributed by atoms with Crippen molar-refractivity contribution < 1.29 is 0 Å². The van der Waals surface area contributed by atoms with Crippen molar-refractivity contribution in [3.8, 4) is 0 Å². The third-order valence-electron chi connectivity index (χ3n) is 5.99. The normalized spacial score (nSPS) is 22.5. The average Bonchev–Trinajstić information content (AvgIpc) is 2.74. The van der Waals surface area contributed by atoms with E-state index in [4.69, 9.17) is 0 Å². The van der Waals surface area contributed by atoms with E-state index in [1.54, 1.807) is 0 Å². The molecule has 0 bridgehead atoms. The summed E-state index contributed by atoms with van der Waals surface area (Å²) in [5, 5.41) is 0. The second-order valence-corrected chi connectivity index (χ2v) is 7.69. The van der Waals surface area contributed by atoms with Gasteiger partial charge >= 0.3 is 0 Å². The molecule has 26 heavy (non-hydrogen) atoms. The maximum atomic E-state index is 2.74. The molecule has 4 rings (SSSR count). The highest BCUT2D eigenvalue weighted by molar-refractivity contribution is 5.46. The van der Waals surface area contributed by atoms with Crippen LogP contribution in [0.2, 0.25) is 0 Å². The number of hydrogen-bond donors (Lipinski definition) is 0. The van der Waals surface area contributed by atoms with E-state index in [0.717, 1.165) is 19.1 Å². The molecule has 2 aromatic carbocycles. The Morgan fingerprint density at radius 2 is 1.46 bits per heavy atom. The zero-order valence-electron chi connectivity index (χ0n) is 15.8. The van der Waals surface area contributed by atoms with Gasteiger partial charge in [-0.05, 0) is 43.5 Å². The quantitative estimate of drug-likeness (QED) is 0.818. The van der Waals surface area contributed by atoms with E-state index in [-0.39, 0.29) is 0 Å². The number of benzene rings is 2. The van der Waals surface area contributed by atoms with Crippen LogP contribution in [0.3, 0.4) is 0 Å². The van der Waals surface area contributed by atoms with Gasteiger partial charge in [0.1, 0.15) is 0 Å². The Kier molecular flexibility index (Phi) is 5.88. The standard InChI is InChI=1S/C23H31N3/c1-3-8-21(9-4-1)13-15-24-14-7-12-23(20-24)26-18-16-25(17-19-26)22-10-5-2-6-11-22/h1-6,8-11,23H,7,12-20H2. The maximum absolute atomic E-state index is 2.74. The van der Waals surface area contributed by atoms with Crippen molar-refractivity contribution in [2.24, 2.45) is 0 Å². The lowest BCUT2D eigenvalue weighted by molar-refractivity contribution is 0.0933. The predicted molar refractivity (Wildman–Crippen MR) is 110 cm³/mol. The topological polar surface area (TPSA) is 9.72 Å². The van der Waals surface area contributed by atoms with Gasteiger partial charge in [0.05, 0.1) is 0 Å². The van der Waals surface area contributed by atoms with E-state index in [9.17, 15) is 0 Å². The van der Waals surface area contributed by atoms with E-state index >= 15 is 0 Å². The van der Waals surface area contributed by atoms with Crippen molar-refractivity contribution in [3.05, 3.63) is 66.2 Å². The van der Waals surface area contributed by atoms with Crippen molar-refractivity contribution in [1.29, 1.82) is 0 Å². The molecule has 1 unspecified atom stereocenters. The lowest BCUT2D eigenvalue weighted by atomic mass is 10.0. The molecular formula is C23H31N3. The smallest absolute Gasteiger partial charge is 0.0367 e. The van der Waals surface area contributed by atoms with Crippen LogP contribution in [0.1, 0.15) is 18.4 Å². The molecule has 0 aromatic heterocycles. The number of rotatable bonds is 5. The molecule has 1 atom stereocenters. The first-order chi connectivity index (χ1) is 12.9. The van der Waals surface area contributed by atoms with Crippen molar-refractivity contribution in [3.63, 3.8) is 0 Å². The van der Waals surface area contributed by atoms with Crippen LogP contribution in [-0.2, 0) is 6.42 Å². The lowest BCUT2D eigenvalue weighted by Crippen LogP contribution is -2.55. The largest absolute Gasteiger partial charge is 0.369 e. The Hall–Kier alpha value is -1.84. The number of para-hydroxylation sites is 1. The van der Waals surface area contributed by atoms with E-state index in [1.165, 1.54) is 63.2 Å². The second-order valence-electron chi connectivity index (χ2n) is 7.69. The number of piperazine rings is 1. The van der Waals surface area contributed by atoms with Gasteiger partial charge in [0.2, 0.25) is 0 Å². The van der Waals surface area contributed by atoms with Gasteiger partial charge in [-0.25, -0.2) is 0 Å². The summed E-state index contributed by atoms with van der Waals surface area (Å²) < 4.78 is 0. The fourth-order valence-electron chi connectivity index (χ4n) is 4.45. The SMILES string of the molecule is c1ccc(CCN2CCCC(N3CCN(c4ccccc4)CC3)C2)cc1. The molecule has 0 N–H and O–H groups in total. The molecule has 2 aliphatic heterocycles. The monoisotopic (exact) mass is 349 g/mol. The predicted octanol–water partition coefficient (Wildman–Crippen LogP) is 3.52. The van der Waals surface area contributed by atoms with Crippen LogP contribution < -0.4 is 4.90 Å². The van der Waals surface area contributed by atoms with Crippen molar-refractivity contribution in [1.82, 2.24) is 9.80 Å². The summed E-state index contributed by atoms with van der Waals surface area (Å²) in [6.07, 6.45) is 3.89. The lowest BCUT2D eigenvalue weighted by Gasteiger charge is -2.44. The molecule has 0 saturated carbocycles. The van der Waals surface area contributed by atoms with Gasteiger partial charge in [-0.15, -0.1) is 0 Å². The zero-order valence-corrected chi connectivity index (χ0v) is 15.8. The molecule has 3 nitrogen and oxygen atoms in total. The molecule has 0 spiro atoms. The molecule has 2 saturated heterocycles. The van der Waals surface area contributed by atoms with Gasteiger partial charge in [-0.2, -0.15) is 0 Å². The van der Waals surface area contributed by atoms with Crippen molar-refractivity contribution in [2.75, 3.05) is 50.7 Å². The number of hydrogen-bond acceptors (Lipinski definition) is 3. The molecule has 138 valence electrons. The summed E-state index contributed by atoms with van der Waals surface area (Å²) in [6.45, 7) is 8.43. The van der Waals surface area contributed by atoms with Gasteiger partial charge in [0.25, 0.3) is 0 Å². The summed E-state index contributed by atoms with van der Waals surface area (Å²) in [7, 11) is 0. The van der Waals surface area contributed by atoms with Crippen LogP contribution in [0, 0.1) is 0 Å². The Morgan fingerprint density at radius 3 is 2.19 bits per heavy atom. The first kappa shape index (κ1) is 17.6. The van der Waals surface area contributed by atoms with Crippen LogP contribution in [0.5, 0.6) is 0 Å². The molecule has 0 radical (unpaired) electrons. The Labute approximate surface area is 158 Å². The number of anilines is 1. The van der Waals surface area contributed by atoms with E-state index in [1.807, 2.05) is 0 Å². The summed E-state index contributed by atoms with van der Waals surface area (Å²) in [4.78, 5) is 7.96. The molecule has 0 amide bonds. The highest BCUT2D eigenvalue weighted by atomic mass is 15.3. The van der Waals surface area contributed by atoms with Crippen LogP contribution in [0.15, 0.2) is 60.7 Å². The number of likely N-dealkylation sites (tertiary alicyclic amines) is 1. The molecule has 0 aliphatic carbocycles. The third kappa shape index (κ3) is 4.46. The van der Waals surface area contributed by atoms with Gasteiger partial charge in [-0.3, -0.25) is 4.90 Å². The zero-order chi connectivity index (χ0) is 17.6.